The van der Waals surface area contributed by atoms with Crippen LogP contribution in [0.2, 0.25) is 10.0 Å². The van der Waals surface area contributed by atoms with E-state index in [0.717, 1.165) is 29.1 Å². The van der Waals surface area contributed by atoms with Crippen molar-refractivity contribution < 1.29 is 19.1 Å². The van der Waals surface area contributed by atoms with E-state index in [2.05, 4.69) is 19.1 Å². The Hall–Kier alpha value is -2.51. The minimum atomic E-state index is -0.969. The van der Waals surface area contributed by atoms with Gasteiger partial charge in [0.05, 0.1) is 19.6 Å². The predicted molar refractivity (Wildman–Crippen MR) is 153 cm³/mol. The Bertz CT molecular complexity index is 1220. The molecule has 5 nitrogen and oxygen atoms in total. The highest BCUT2D eigenvalue weighted by molar-refractivity contribution is 7.98. The van der Waals surface area contributed by atoms with Crippen LogP contribution in [0.1, 0.15) is 48.6 Å². The zero-order chi connectivity index (χ0) is 27.1. The van der Waals surface area contributed by atoms with Crippen LogP contribution in [0.5, 0.6) is 0 Å². The second kappa shape index (κ2) is 13.5. The molecule has 1 amide bonds. The third-order valence-corrected chi connectivity index (χ3v) is 8.33. The molecular formula is C30H31Cl2NO4S. The smallest absolute Gasteiger partial charge is 0.308 e. The lowest BCUT2D eigenvalue weighted by Crippen LogP contribution is -2.55. The van der Waals surface area contributed by atoms with Crippen LogP contribution in [0, 0.1) is 0 Å². The summed E-state index contributed by atoms with van der Waals surface area (Å²) >= 11 is 14.4. The summed E-state index contributed by atoms with van der Waals surface area (Å²) in [6.45, 7) is 2.08. The van der Waals surface area contributed by atoms with Crippen molar-refractivity contribution in [1.29, 1.82) is 0 Å². The molecule has 3 aromatic rings. The number of carbonyl (C=O) groups excluding carboxylic acids is 2. The van der Waals surface area contributed by atoms with E-state index < -0.39 is 24.2 Å². The average Bonchev–Trinajstić information content (AvgIpc) is 2.93. The number of hydrogen-bond donors (Lipinski definition) is 0. The van der Waals surface area contributed by atoms with Gasteiger partial charge in [-0.15, -0.1) is 0 Å². The van der Waals surface area contributed by atoms with Crippen LogP contribution < -0.4 is 0 Å². The van der Waals surface area contributed by atoms with Crippen LogP contribution >= 0.6 is 35.0 Å². The molecule has 38 heavy (non-hydrogen) atoms. The molecule has 1 saturated heterocycles. The maximum absolute atomic E-state index is 14.0. The molecular weight excluding hydrogens is 541 g/mol. The van der Waals surface area contributed by atoms with Crippen LogP contribution in [0.3, 0.4) is 0 Å². The van der Waals surface area contributed by atoms with E-state index in [1.165, 1.54) is 12.7 Å². The maximum Gasteiger partial charge on any atom is 0.308 e. The minimum absolute atomic E-state index is 0.0948. The molecule has 1 aliphatic rings. The summed E-state index contributed by atoms with van der Waals surface area (Å²) in [5.74, 6) is 0.851. The van der Waals surface area contributed by atoms with Gasteiger partial charge in [0.2, 0.25) is 0 Å². The van der Waals surface area contributed by atoms with Gasteiger partial charge in [0.1, 0.15) is 12.2 Å². The van der Waals surface area contributed by atoms with Crippen LogP contribution in [0.4, 0.5) is 0 Å². The summed E-state index contributed by atoms with van der Waals surface area (Å²) in [5, 5.41) is 1.18. The number of amides is 1. The fraction of sp³-hybridized carbons (Fsp3) is 0.333. The number of nitrogens with zero attached hydrogens (tertiary/aromatic N) is 1. The second-order valence-electron chi connectivity index (χ2n) is 9.19. The molecule has 4 unspecified atom stereocenters. The molecule has 0 N–H and O–H groups in total. The molecule has 1 aliphatic heterocycles. The summed E-state index contributed by atoms with van der Waals surface area (Å²) in [5.41, 5.74) is 2.96. The number of ether oxygens (including phenoxy) is 2. The van der Waals surface area contributed by atoms with E-state index in [1.54, 1.807) is 17.8 Å². The predicted octanol–water partition coefficient (Wildman–Crippen LogP) is 7.28. The molecule has 1 heterocycles. The molecule has 200 valence electrons. The van der Waals surface area contributed by atoms with Crippen LogP contribution in [0.15, 0.2) is 78.9 Å². The number of thioether (sulfide) groups is 1. The molecule has 0 spiro atoms. The number of hydrogen-bond acceptors (Lipinski definition) is 5. The van der Waals surface area contributed by atoms with Crippen LogP contribution in [-0.4, -0.2) is 41.8 Å². The SMILES string of the molecule is CCC(CSCc1ccccc1)N1C(=O)C(CC(=O)OC)OC(c2cccc(Cl)c2)C1c1ccc(Cl)cc1. The number of rotatable bonds is 10. The molecule has 8 heteroatoms. The largest absolute Gasteiger partial charge is 0.469 e. The zero-order valence-electron chi connectivity index (χ0n) is 21.4. The van der Waals surface area contributed by atoms with Gasteiger partial charge in [-0.25, -0.2) is 0 Å². The lowest BCUT2D eigenvalue weighted by atomic mass is 9.89. The number of esters is 1. The van der Waals surface area contributed by atoms with E-state index in [1.807, 2.05) is 65.6 Å². The highest BCUT2D eigenvalue weighted by atomic mass is 35.5. The van der Waals surface area contributed by atoms with Crippen molar-refractivity contribution in [2.45, 2.75) is 49.8 Å². The van der Waals surface area contributed by atoms with Crippen molar-refractivity contribution in [2.75, 3.05) is 12.9 Å². The number of morpholine rings is 1. The van der Waals surface area contributed by atoms with Crippen molar-refractivity contribution in [3.05, 3.63) is 106 Å². The molecule has 1 fully saturated rings. The zero-order valence-corrected chi connectivity index (χ0v) is 23.7. The summed E-state index contributed by atoms with van der Waals surface area (Å²) < 4.78 is 11.3. The molecule has 0 saturated carbocycles. The van der Waals surface area contributed by atoms with E-state index in [-0.39, 0.29) is 18.4 Å². The Morgan fingerprint density at radius 1 is 1.00 bits per heavy atom. The van der Waals surface area contributed by atoms with Crippen molar-refractivity contribution >= 4 is 46.8 Å². The van der Waals surface area contributed by atoms with Gasteiger partial charge in [-0.2, -0.15) is 11.8 Å². The molecule has 3 aromatic carbocycles. The first-order valence-corrected chi connectivity index (χ1v) is 14.5. The highest BCUT2D eigenvalue weighted by Crippen LogP contribution is 2.45. The Balaban J connectivity index is 1.73. The van der Waals surface area contributed by atoms with Crippen LogP contribution in [-0.2, 0) is 24.8 Å². The Morgan fingerprint density at radius 2 is 1.74 bits per heavy atom. The first-order chi connectivity index (χ1) is 18.4. The fourth-order valence-electron chi connectivity index (χ4n) is 4.76. The third kappa shape index (κ3) is 6.92. The first kappa shape index (κ1) is 28.5. The van der Waals surface area contributed by atoms with Gasteiger partial charge in [-0.3, -0.25) is 9.59 Å². The molecule has 4 rings (SSSR count). The van der Waals surface area contributed by atoms with E-state index in [0.29, 0.717) is 10.0 Å². The molecule has 4 atom stereocenters. The maximum atomic E-state index is 14.0. The van der Waals surface area contributed by atoms with E-state index in [4.69, 9.17) is 32.7 Å². The number of halogens is 2. The lowest BCUT2D eigenvalue weighted by molar-refractivity contribution is -0.183. The molecule has 0 bridgehead atoms. The van der Waals surface area contributed by atoms with Gasteiger partial charge in [0.15, 0.2) is 0 Å². The summed E-state index contributed by atoms with van der Waals surface area (Å²) in [6, 6.07) is 24.7. The summed E-state index contributed by atoms with van der Waals surface area (Å²) in [4.78, 5) is 28.2. The lowest BCUT2D eigenvalue weighted by Gasteiger charge is -2.48. The number of benzene rings is 3. The Morgan fingerprint density at radius 3 is 2.39 bits per heavy atom. The minimum Gasteiger partial charge on any atom is -0.469 e. The van der Waals surface area contributed by atoms with E-state index >= 15 is 0 Å². The van der Waals surface area contributed by atoms with Crippen LogP contribution in [0.25, 0.3) is 0 Å². The molecule has 0 aliphatic carbocycles. The molecule has 0 radical (unpaired) electrons. The standard InChI is InChI=1S/C30H31Cl2NO4S/c1-3-25(19-38-18-20-8-5-4-6-9-20)33-28(21-12-14-23(31)15-13-21)29(22-10-7-11-24(32)16-22)37-26(30(33)35)17-27(34)36-2/h4-16,25-26,28-29H,3,17-19H2,1-2H3. The van der Waals surface area contributed by atoms with Gasteiger partial charge in [0, 0.05) is 27.6 Å². The fourth-order valence-corrected chi connectivity index (χ4v) is 6.30. The van der Waals surface area contributed by atoms with Gasteiger partial charge < -0.3 is 14.4 Å². The van der Waals surface area contributed by atoms with Gasteiger partial charge in [0.25, 0.3) is 5.91 Å². The average molecular weight is 573 g/mol. The normalized spacial score (nSPS) is 20.3. The van der Waals surface area contributed by atoms with Crippen molar-refractivity contribution in [3.63, 3.8) is 0 Å². The third-order valence-electron chi connectivity index (χ3n) is 6.68. The first-order valence-electron chi connectivity index (χ1n) is 12.6. The van der Waals surface area contributed by atoms with Gasteiger partial charge >= 0.3 is 5.97 Å². The van der Waals surface area contributed by atoms with Crippen molar-refractivity contribution in [1.82, 2.24) is 4.90 Å². The van der Waals surface area contributed by atoms with Gasteiger partial charge in [-0.1, -0.05) is 84.7 Å². The monoisotopic (exact) mass is 571 g/mol. The summed E-state index contributed by atoms with van der Waals surface area (Å²) in [6.07, 6.45) is -0.937. The van der Waals surface area contributed by atoms with Crippen molar-refractivity contribution in [2.24, 2.45) is 0 Å². The Kier molecular flexibility index (Phi) is 10.1. The number of methoxy groups -OCH3 is 1. The topological polar surface area (TPSA) is 55.8 Å². The van der Waals surface area contributed by atoms with E-state index in [9.17, 15) is 9.59 Å². The quantitative estimate of drug-likeness (QED) is 0.239. The Labute approximate surface area is 238 Å². The number of carbonyl (C=O) groups is 2. The summed E-state index contributed by atoms with van der Waals surface area (Å²) in [7, 11) is 1.31. The van der Waals surface area contributed by atoms with Crippen molar-refractivity contribution in [3.8, 4) is 0 Å². The molecule has 0 aromatic heterocycles. The second-order valence-corrected chi connectivity index (χ2v) is 11.1. The highest BCUT2D eigenvalue weighted by Gasteiger charge is 2.47. The van der Waals surface area contributed by atoms with Gasteiger partial charge in [-0.05, 0) is 47.4 Å².